The van der Waals surface area contributed by atoms with Gasteiger partial charge in [-0.1, -0.05) is 30.3 Å². The Morgan fingerprint density at radius 1 is 1.03 bits per heavy atom. The lowest BCUT2D eigenvalue weighted by Crippen LogP contribution is -2.54. The summed E-state index contributed by atoms with van der Waals surface area (Å²) in [4.78, 5) is 18.8. The molecule has 1 N–H and O–H groups in total. The van der Waals surface area contributed by atoms with E-state index in [1.165, 1.54) is 0 Å². The molecule has 0 radical (unpaired) electrons. The van der Waals surface area contributed by atoms with E-state index in [0.29, 0.717) is 6.42 Å². The van der Waals surface area contributed by atoms with Crippen molar-refractivity contribution in [3.8, 4) is 16.9 Å². The van der Waals surface area contributed by atoms with E-state index < -0.39 is 5.97 Å². The number of benzene rings is 2. The number of carboxylic acid groups (broad SMARTS) is 1. The van der Waals surface area contributed by atoms with Crippen LogP contribution in [0.2, 0.25) is 0 Å². The summed E-state index contributed by atoms with van der Waals surface area (Å²) in [6, 6.07) is 16.8. The highest BCUT2D eigenvalue weighted by molar-refractivity contribution is 6.03. The summed E-state index contributed by atoms with van der Waals surface area (Å²) >= 11 is 0. The zero-order valence-electron chi connectivity index (χ0n) is 20.9. The van der Waals surface area contributed by atoms with Gasteiger partial charge in [0, 0.05) is 42.2 Å². The smallest absolute Gasteiger partial charge is 0.306 e. The number of piperidine rings is 2. The number of aryl methyl sites for hydroxylation is 2. The zero-order valence-corrected chi connectivity index (χ0v) is 20.9. The predicted molar refractivity (Wildman–Crippen MR) is 143 cm³/mol. The lowest BCUT2D eigenvalue weighted by molar-refractivity contribution is -0.146. The molecule has 1 saturated carbocycles. The highest BCUT2D eigenvalue weighted by Gasteiger charge is 2.44. The Hall–Kier alpha value is -4.20. The van der Waals surface area contributed by atoms with E-state index in [9.17, 15) is 9.90 Å². The molecule has 8 heteroatoms. The lowest BCUT2D eigenvalue weighted by Gasteiger charge is -2.48. The third-order valence-electron chi connectivity index (χ3n) is 8.25. The van der Waals surface area contributed by atoms with Crippen molar-refractivity contribution in [3.05, 3.63) is 66.5 Å². The zero-order chi connectivity index (χ0) is 25.3. The van der Waals surface area contributed by atoms with Gasteiger partial charge in [0.05, 0.1) is 28.8 Å². The van der Waals surface area contributed by atoms with Crippen molar-refractivity contribution in [2.75, 3.05) is 11.4 Å². The van der Waals surface area contributed by atoms with Crippen LogP contribution in [0.3, 0.4) is 0 Å². The second-order valence-corrected chi connectivity index (χ2v) is 10.5. The van der Waals surface area contributed by atoms with Crippen LogP contribution in [0.15, 0.2) is 60.9 Å². The molecule has 186 valence electrons. The van der Waals surface area contributed by atoms with Crippen LogP contribution < -0.4 is 4.90 Å². The van der Waals surface area contributed by atoms with Gasteiger partial charge in [0.1, 0.15) is 11.5 Å². The molecule has 0 spiro atoms. The molecule has 37 heavy (non-hydrogen) atoms. The Balaban J connectivity index is 1.29. The molecule has 1 aliphatic carbocycles. The van der Waals surface area contributed by atoms with Crippen LogP contribution in [0.4, 0.5) is 5.82 Å². The van der Waals surface area contributed by atoms with Crippen LogP contribution in [-0.2, 0) is 11.8 Å². The molecule has 1 unspecified atom stereocenters. The number of pyridine rings is 1. The fourth-order valence-electron chi connectivity index (χ4n) is 6.46. The monoisotopic (exact) mass is 492 g/mol. The fourth-order valence-corrected chi connectivity index (χ4v) is 6.46. The number of rotatable bonds is 4. The van der Waals surface area contributed by atoms with Crippen LogP contribution in [0.5, 0.6) is 0 Å². The minimum absolute atomic E-state index is 0.194. The van der Waals surface area contributed by atoms with E-state index in [-0.39, 0.29) is 17.9 Å². The molecule has 3 aliphatic rings. The van der Waals surface area contributed by atoms with Crippen molar-refractivity contribution < 1.29 is 9.90 Å². The summed E-state index contributed by atoms with van der Waals surface area (Å²) in [6.07, 6.45) is 6.66. The fraction of sp³-hybridized carbons (Fsp3) is 0.310. The van der Waals surface area contributed by atoms with E-state index in [1.807, 2.05) is 40.9 Å². The Morgan fingerprint density at radius 2 is 1.89 bits per heavy atom. The van der Waals surface area contributed by atoms with Crippen LogP contribution in [-0.4, -0.2) is 48.2 Å². The highest BCUT2D eigenvalue weighted by atomic mass is 16.4. The van der Waals surface area contributed by atoms with E-state index >= 15 is 0 Å². The number of hydrogen-bond donors (Lipinski definition) is 1. The number of anilines is 1. The molecule has 8 nitrogen and oxygen atoms in total. The molecule has 5 aromatic rings. The van der Waals surface area contributed by atoms with Gasteiger partial charge in [-0.15, -0.1) is 0 Å². The van der Waals surface area contributed by atoms with Crippen molar-refractivity contribution in [2.24, 2.45) is 18.9 Å². The first-order valence-corrected chi connectivity index (χ1v) is 12.8. The molecule has 8 rings (SSSR count). The van der Waals surface area contributed by atoms with Gasteiger partial charge in [0.15, 0.2) is 0 Å². The Bertz CT molecular complexity index is 1670. The van der Waals surface area contributed by atoms with E-state index in [1.54, 1.807) is 0 Å². The first-order chi connectivity index (χ1) is 18.0. The van der Waals surface area contributed by atoms with Crippen molar-refractivity contribution in [2.45, 2.75) is 32.2 Å². The third-order valence-corrected chi connectivity index (χ3v) is 8.25. The van der Waals surface area contributed by atoms with Gasteiger partial charge in [-0.2, -0.15) is 10.2 Å². The first kappa shape index (κ1) is 22.0. The van der Waals surface area contributed by atoms with Crippen molar-refractivity contribution in [1.29, 1.82) is 0 Å². The minimum Gasteiger partial charge on any atom is -0.481 e. The van der Waals surface area contributed by atoms with Crippen LogP contribution in [0.1, 0.15) is 24.8 Å². The van der Waals surface area contributed by atoms with Crippen molar-refractivity contribution in [1.82, 2.24) is 24.5 Å². The predicted octanol–water partition coefficient (Wildman–Crippen LogP) is 4.97. The number of aromatic nitrogens is 5. The molecule has 0 amide bonds. The second kappa shape index (κ2) is 8.16. The van der Waals surface area contributed by atoms with E-state index in [0.717, 1.165) is 69.5 Å². The Kier molecular flexibility index (Phi) is 4.86. The molecule has 3 aromatic heterocycles. The summed E-state index contributed by atoms with van der Waals surface area (Å²) in [5, 5.41) is 21.5. The molecule has 5 heterocycles. The summed E-state index contributed by atoms with van der Waals surface area (Å²) in [5.74, 6) is 0.224. The number of para-hydroxylation sites is 1. The highest BCUT2D eigenvalue weighted by Crippen LogP contribution is 2.41. The van der Waals surface area contributed by atoms with Gasteiger partial charge in [-0.05, 0) is 55.9 Å². The maximum Gasteiger partial charge on any atom is 0.306 e. The average Bonchev–Trinajstić information content (AvgIpc) is 3.50. The van der Waals surface area contributed by atoms with Crippen LogP contribution >= 0.6 is 0 Å². The SMILES string of the molecule is Cc1cccc2c(-c3cccc4nn(C)cc34)nn(-c3ccc(N4C[C@H]5CCC4C[C@@H]5C(=O)O)nc3)c12. The number of nitrogens with zero attached hydrogens (tertiary/aromatic N) is 6. The van der Waals surface area contributed by atoms with Gasteiger partial charge < -0.3 is 10.0 Å². The van der Waals surface area contributed by atoms with Gasteiger partial charge >= 0.3 is 5.97 Å². The minimum atomic E-state index is -0.656. The van der Waals surface area contributed by atoms with Gasteiger partial charge in [-0.25, -0.2) is 9.67 Å². The lowest BCUT2D eigenvalue weighted by atomic mass is 9.72. The molecule has 3 fully saturated rings. The second-order valence-electron chi connectivity index (χ2n) is 10.5. The molecule has 2 bridgehead atoms. The molecule has 3 atom stereocenters. The molecule has 2 aromatic carbocycles. The van der Waals surface area contributed by atoms with Crippen molar-refractivity contribution >= 4 is 33.6 Å². The first-order valence-electron chi connectivity index (χ1n) is 12.8. The topological polar surface area (TPSA) is 89.1 Å². The summed E-state index contributed by atoms with van der Waals surface area (Å²) in [5.41, 5.74) is 6.04. The standard InChI is InChI=1S/C29H28N6O2/c1-17-5-3-7-22-27(21-6-4-8-25-24(21)16-33(2)31-25)32-35(28(17)22)20-11-12-26(30-14-20)34-15-18-9-10-19(34)13-23(18)29(36)37/h3-8,11-12,14,16,18-19,23H,9-10,13,15H2,1-2H3,(H,36,37)/t18-,19?,23+/m1/s1. The summed E-state index contributed by atoms with van der Waals surface area (Å²) in [7, 11) is 1.94. The van der Waals surface area contributed by atoms with Crippen LogP contribution in [0, 0.1) is 18.8 Å². The Morgan fingerprint density at radius 3 is 2.65 bits per heavy atom. The summed E-state index contributed by atoms with van der Waals surface area (Å²) < 4.78 is 3.84. The number of aliphatic carboxylic acids is 1. The molecular weight excluding hydrogens is 464 g/mol. The number of hydrogen-bond acceptors (Lipinski definition) is 5. The molecule has 2 aliphatic heterocycles. The molecule has 2 saturated heterocycles. The number of fused-ring (bicyclic) bond motifs is 5. The Labute approximate surface area is 214 Å². The average molecular weight is 493 g/mol. The van der Waals surface area contributed by atoms with Crippen LogP contribution in [0.25, 0.3) is 38.8 Å². The van der Waals surface area contributed by atoms with Crippen molar-refractivity contribution in [3.63, 3.8) is 0 Å². The van der Waals surface area contributed by atoms with E-state index in [4.69, 9.17) is 10.1 Å². The summed E-state index contributed by atoms with van der Waals surface area (Å²) in [6.45, 7) is 2.87. The van der Waals surface area contributed by atoms with Gasteiger partial charge in [-0.3, -0.25) is 9.48 Å². The number of carboxylic acids is 1. The maximum absolute atomic E-state index is 11.7. The normalized spacial score (nSPS) is 21.2. The maximum atomic E-state index is 11.7. The quantitative estimate of drug-likeness (QED) is 0.381. The third kappa shape index (κ3) is 3.43. The molecular formula is C29H28N6O2. The number of carbonyl (C=O) groups is 1. The largest absolute Gasteiger partial charge is 0.481 e. The van der Waals surface area contributed by atoms with E-state index in [2.05, 4.69) is 53.3 Å². The van der Waals surface area contributed by atoms with Gasteiger partial charge in [0.2, 0.25) is 0 Å². The van der Waals surface area contributed by atoms with Gasteiger partial charge in [0.25, 0.3) is 0 Å².